The zero-order chi connectivity index (χ0) is 16.3. The minimum Gasteiger partial charge on any atom is -0.463 e. The van der Waals surface area contributed by atoms with E-state index < -0.39 is 41.6 Å². The molecule has 0 amide bonds. The molecule has 0 saturated carbocycles. The Kier molecular flexibility index (Phi) is 4.76. The van der Waals surface area contributed by atoms with Crippen molar-refractivity contribution in [1.29, 1.82) is 0 Å². The van der Waals surface area contributed by atoms with Crippen molar-refractivity contribution >= 4 is 11.9 Å². The van der Waals surface area contributed by atoms with Crippen LogP contribution in [-0.4, -0.2) is 40.3 Å². The Morgan fingerprint density at radius 1 is 1.36 bits per heavy atom. The van der Waals surface area contributed by atoms with Gasteiger partial charge in [0.05, 0.1) is 6.10 Å². The van der Waals surface area contributed by atoms with Crippen LogP contribution in [0.25, 0.3) is 0 Å². The van der Waals surface area contributed by atoms with E-state index in [0.717, 1.165) is 10.6 Å². The van der Waals surface area contributed by atoms with Gasteiger partial charge in [-0.2, -0.15) is 0 Å². The fraction of sp³-hybridized carbons (Fsp3) is 0.538. The molecule has 0 spiro atoms. The van der Waals surface area contributed by atoms with Crippen molar-refractivity contribution < 1.29 is 23.8 Å². The minimum atomic E-state index is -0.895. The van der Waals surface area contributed by atoms with Crippen LogP contribution < -0.4 is 11.2 Å². The average molecular weight is 312 g/mol. The first kappa shape index (κ1) is 16.0. The molecule has 1 aromatic heterocycles. The molecule has 1 aromatic rings. The van der Waals surface area contributed by atoms with Gasteiger partial charge in [0, 0.05) is 32.5 Å². The van der Waals surface area contributed by atoms with Gasteiger partial charge in [-0.15, -0.1) is 0 Å². The molecule has 1 fully saturated rings. The van der Waals surface area contributed by atoms with E-state index in [-0.39, 0.29) is 13.0 Å². The molecule has 120 valence electrons. The number of ether oxygens (including phenoxy) is 3. The number of rotatable bonds is 4. The fourth-order valence-corrected chi connectivity index (χ4v) is 2.23. The second kappa shape index (κ2) is 6.56. The molecule has 1 aliphatic heterocycles. The van der Waals surface area contributed by atoms with E-state index in [1.807, 2.05) is 0 Å². The molecule has 2 rings (SSSR count). The SMILES string of the molecule is CC(=O)OC[C@@H]1C[C@@H](OC(C)=O)[C@H](n2ccc(=O)[nH]c2=O)O1. The molecular weight excluding hydrogens is 296 g/mol. The van der Waals surface area contributed by atoms with Crippen molar-refractivity contribution in [2.24, 2.45) is 0 Å². The monoisotopic (exact) mass is 312 g/mol. The van der Waals surface area contributed by atoms with Gasteiger partial charge in [0.2, 0.25) is 0 Å². The molecule has 0 aliphatic carbocycles. The molecule has 0 aromatic carbocycles. The molecule has 3 atom stereocenters. The number of esters is 2. The highest BCUT2D eigenvalue weighted by atomic mass is 16.6. The summed E-state index contributed by atoms with van der Waals surface area (Å²) in [4.78, 5) is 47.1. The second-order valence-electron chi connectivity index (χ2n) is 4.85. The van der Waals surface area contributed by atoms with Gasteiger partial charge in [0.25, 0.3) is 5.56 Å². The van der Waals surface area contributed by atoms with Crippen molar-refractivity contribution in [3.63, 3.8) is 0 Å². The third kappa shape index (κ3) is 3.82. The molecule has 0 bridgehead atoms. The largest absolute Gasteiger partial charge is 0.463 e. The van der Waals surface area contributed by atoms with Crippen LogP contribution in [0.3, 0.4) is 0 Å². The predicted octanol–water partition coefficient (Wildman–Crippen LogP) is -0.681. The summed E-state index contributed by atoms with van der Waals surface area (Å²) in [6, 6.07) is 1.16. The zero-order valence-corrected chi connectivity index (χ0v) is 12.1. The van der Waals surface area contributed by atoms with E-state index >= 15 is 0 Å². The molecule has 2 heterocycles. The van der Waals surface area contributed by atoms with Gasteiger partial charge in [0.15, 0.2) is 6.23 Å². The maximum atomic E-state index is 11.8. The molecule has 9 heteroatoms. The summed E-state index contributed by atoms with van der Waals surface area (Å²) < 4.78 is 16.8. The number of aromatic nitrogens is 2. The second-order valence-corrected chi connectivity index (χ2v) is 4.85. The van der Waals surface area contributed by atoms with Crippen LogP contribution in [0.5, 0.6) is 0 Å². The van der Waals surface area contributed by atoms with Gasteiger partial charge in [0.1, 0.15) is 12.7 Å². The first-order valence-electron chi connectivity index (χ1n) is 6.64. The van der Waals surface area contributed by atoms with E-state index in [1.54, 1.807) is 0 Å². The topological polar surface area (TPSA) is 117 Å². The summed E-state index contributed by atoms with van der Waals surface area (Å²) in [5.41, 5.74) is -1.22. The smallest absolute Gasteiger partial charge is 0.330 e. The highest BCUT2D eigenvalue weighted by Gasteiger charge is 2.39. The van der Waals surface area contributed by atoms with Crippen LogP contribution in [0.4, 0.5) is 0 Å². The van der Waals surface area contributed by atoms with Crippen molar-refractivity contribution in [2.45, 2.75) is 38.7 Å². The van der Waals surface area contributed by atoms with Crippen LogP contribution in [0, 0.1) is 0 Å². The van der Waals surface area contributed by atoms with Crippen molar-refractivity contribution in [3.8, 4) is 0 Å². The van der Waals surface area contributed by atoms with Crippen LogP contribution in [-0.2, 0) is 23.8 Å². The minimum absolute atomic E-state index is 0.0122. The average Bonchev–Trinajstić information content (AvgIpc) is 2.78. The third-order valence-corrected chi connectivity index (χ3v) is 3.06. The Morgan fingerprint density at radius 2 is 2.09 bits per heavy atom. The van der Waals surface area contributed by atoms with E-state index in [0.29, 0.717) is 0 Å². The highest BCUT2D eigenvalue weighted by molar-refractivity contribution is 5.66. The lowest BCUT2D eigenvalue weighted by Gasteiger charge is -2.20. The fourth-order valence-electron chi connectivity index (χ4n) is 2.23. The van der Waals surface area contributed by atoms with E-state index in [1.165, 1.54) is 20.0 Å². The Morgan fingerprint density at radius 3 is 2.68 bits per heavy atom. The lowest BCUT2D eigenvalue weighted by atomic mass is 10.2. The highest BCUT2D eigenvalue weighted by Crippen LogP contribution is 2.30. The maximum absolute atomic E-state index is 11.8. The van der Waals surface area contributed by atoms with Gasteiger partial charge < -0.3 is 14.2 Å². The molecule has 0 unspecified atom stereocenters. The Hall–Kier alpha value is -2.42. The normalized spacial score (nSPS) is 24.0. The molecular formula is C13H16N2O7. The quantitative estimate of drug-likeness (QED) is 0.732. The summed E-state index contributed by atoms with van der Waals surface area (Å²) in [6.07, 6.45) is -0.604. The standard InChI is InChI=1S/C13H16N2O7/c1-7(16)20-6-9-5-10(21-8(2)17)12(22-9)15-4-3-11(18)14-13(15)19/h3-4,9-10,12H,5-6H2,1-2H3,(H,14,18,19)/t9-,10+,12+/m0/s1. The number of H-pyrrole nitrogens is 1. The third-order valence-electron chi connectivity index (χ3n) is 3.06. The first-order chi connectivity index (χ1) is 10.4. The van der Waals surface area contributed by atoms with E-state index in [2.05, 4.69) is 4.98 Å². The lowest BCUT2D eigenvalue weighted by molar-refractivity contribution is -0.153. The number of hydrogen-bond donors (Lipinski definition) is 1. The van der Waals surface area contributed by atoms with Gasteiger partial charge in [-0.25, -0.2) is 4.79 Å². The number of carbonyl (C=O) groups excluding carboxylic acids is 2. The first-order valence-corrected chi connectivity index (χ1v) is 6.64. The van der Waals surface area contributed by atoms with Crippen LogP contribution in [0.15, 0.2) is 21.9 Å². The maximum Gasteiger partial charge on any atom is 0.330 e. The molecule has 22 heavy (non-hydrogen) atoms. The summed E-state index contributed by atoms with van der Waals surface area (Å²) in [5, 5.41) is 0. The molecule has 1 aliphatic rings. The summed E-state index contributed by atoms with van der Waals surface area (Å²) in [7, 11) is 0. The Balaban J connectivity index is 2.21. The van der Waals surface area contributed by atoms with Crippen molar-refractivity contribution in [2.75, 3.05) is 6.61 Å². The Bertz CT molecular complexity index is 677. The molecule has 9 nitrogen and oxygen atoms in total. The summed E-state index contributed by atoms with van der Waals surface area (Å²) in [6.45, 7) is 2.50. The number of nitrogens with zero attached hydrogens (tertiary/aromatic N) is 1. The van der Waals surface area contributed by atoms with E-state index in [4.69, 9.17) is 14.2 Å². The van der Waals surface area contributed by atoms with Crippen LogP contribution in [0.2, 0.25) is 0 Å². The molecule has 1 N–H and O–H groups in total. The van der Waals surface area contributed by atoms with Gasteiger partial charge in [-0.1, -0.05) is 0 Å². The zero-order valence-electron chi connectivity index (χ0n) is 12.1. The van der Waals surface area contributed by atoms with Gasteiger partial charge >= 0.3 is 17.6 Å². The van der Waals surface area contributed by atoms with Gasteiger partial charge in [-0.05, 0) is 0 Å². The van der Waals surface area contributed by atoms with Gasteiger partial charge in [-0.3, -0.25) is 23.9 Å². The summed E-state index contributed by atoms with van der Waals surface area (Å²) in [5.74, 6) is -0.985. The lowest BCUT2D eigenvalue weighted by Crippen LogP contribution is -2.36. The molecule has 1 saturated heterocycles. The molecule has 0 radical (unpaired) electrons. The predicted molar refractivity (Wildman–Crippen MR) is 72.0 cm³/mol. The van der Waals surface area contributed by atoms with Crippen molar-refractivity contribution in [1.82, 2.24) is 9.55 Å². The number of aromatic amines is 1. The van der Waals surface area contributed by atoms with Crippen molar-refractivity contribution in [3.05, 3.63) is 33.1 Å². The number of carbonyl (C=O) groups is 2. The summed E-state index contributed by atoms with van der Waals surface area (Å²) >= 11 is 0. The van der Waals surface area contributed by atoms with Crippen LogP contribution >= 0.6 is 0 Å². The number of hydrogen-bond acceptors (Lipinski definition) is 7. The Labute approximate surface area is 124 Å². The number of nitrogens with one attached hydrogen (secondary N) is 1. The van der Waals surface area contributed by atoms with Crippen LogP contribution in [0.1, 0.15) is 26.5 Å². The van der Waals surface area contributed by atoms with E-state index in [9.17, 15) is 19.2 Å².